The maximum atomic E-state index is 9.00. The van der Waals surface area contributed by atoms with Gasteiger partial charge in [-0.05, 0) is 49.8 Å². The van der Waals surface area contributed by atoms with E-state index in [1.807, 2.05) is 25.3 Å². The molecule has 0 saturated carbocycles. The number of aryl methyl sites for hydroxylation is 3. The molecule has 0 aliphatic heterocycles. The number of pyridine rings is 1. The van der Waals surface area contributed by atoms with Crippen molar-refractivity contribution >= 4 is 17.6 Å². The summed E-state index contributed by atoms with van der Waals surface area (Å²) in [7, 11) is 0. The van der Waals surface area contributed by atoms with Crippen LogP contribution >= 0.6 is 11.6 Å². The second kappa shape index (κ2) is 7.31. The minimum absolute atomic E-state index is 0.522. The van der Waals surface area contributed by atoms with Gasteiger partial charge in [0.1, 0.15) is 10.8 Å². The van der Waals surface area contributed by atoms with Crippen LogP contribution in [0, 0.1) is 6.92 Å². The van der Waals surface area contributed by atoms with E-state index in [2.05, 4.69) is 15.0 Å². The van der Waals surface area contributed by atoms with Crippen molar-refractivity contribution in [2.75, 3.05) is 0 Å². The number of hydrogen-bond acceptors (Lipinski definition) is 4. The molecule has 0 atom stereocenters. The van der Waals surface area contributed by atoms with Crippen LogP contribution in [0.5, 0.6) is 0 Å². The van der Waals surface area contributed by atoms with Gasteiger partial charge >= 0.3 is 0 Å². The predicted octanol–water partition coefficient (Wildman–Crippen LogP) is 3.47. The van der Waals surface area contributed by atoms with Crippen LogP contribution in [0.3, 0.4) is 0 Å². The lowest BCUT2D eigenvalue weighted by Crippen LogP contribution is -2.07. The normalized spacial score (nSPS) is 12.9. The van der Waals surface area contributed by atoms with E-state index >= 15 is 0 Å². The molecule has 1 aliphatic carbocycles. The Kier molecular flexibility index (Phi) is 5.44. The molecule has 6 heteroatoms. The lowest BCUT2D eigenvalue weighted by molar-refractivity contribution is -0.134. The van der Waals surface area contributed by atoms with Crippen molar-refractivity contribution in [2.45, 2.75) is 39.5 Å². The summed E-state index contributed by atoms with van der Waals surface area (Å²) in [4.78, 5) is 22.4. The summed E-state index contributed by atoms with van der Waals surface area (Å²) in [6, 6.07) is 3.87. The molecule has 0 saturated heterocycles. The Bertz CT molecular complexity index is 685. The van der Waals surface area contributed by atoms with E-state index in [-0.39, 0.29) is 0 Å². The molecule has 0 unspecified atom stereocenters. The van der Waals surface area contributed by atoms with Gasteiger partial charge in [-0.25, -0.2) is 15.0 Å². The Balaban J connectivity index is 0.000000396. The molecule has 0 amide bonds. The van der Waals surface area contributed by atoms with Gasteiger partial charge in [0, 0.05) is 18.8 Å². The predicted molar refractivity (Wildman–Crippen MR) is 85.0 cm³/mol. The van der Waals surface area contributed by atoms with Gasteiger partial charge in [-0.2, -0.15) is 0 Å². The van der Waals surface area contributed by atoms with Crippen molar-refractivity contribution in [2.24, 2.45) is 0 Å². The van der Waals surface area contributed by atoms with Crippen molar-refractivity contribution in [3.8, 4) is 11.5 Å². The summed E-state index contributed by atoms with van der Waals surface area (Å²) in [6.07, 6.45) is 6.53. The fraction of sp³-hybridized carbons (Fsp3) is 0.375. The smallest absolute Gasteiger partial charge is 0.300 e. The molecule has 0 spiro atoms. The van der Waals surface area contributed by atoms with Gasteiger partial charge in [-0.15, -0.1) is 0 Å². The van der Waals surface area contributed by atoms with Gasteiger partial charge in [0.05, 0.1) is 0 Å². The molecule has 0 bridgehead atoms. The summed E-state index contributed by atoms with van der Waals surface area (Å²) < 4.78 is 0. The summed E-state index contributed by atoms with van der Waals surface area (Å²) in [5.74, 6) is -0.155. The quantitative estimate of drug-likeness (QED) is 0.814. The SMILES string of the molecule is CC(=O)O.Cc1ccc(-c2ncc3c(n2)CCCC3)nc1Cl. The van der Waals surface area contributed by atoms with Crippen molar-refractivity contribution in [1.82, 2.24) is 15.0 Å². The van der Waals surface area contributed by atoms with Gasteiger partial charge in [0.2, 0.25) is 0 Å². The van der Waals surface area contributed by atoms with E-state index in [4.69, 9.17) is 21.5 Å². The summed E-state index contributed by atoms with van der Waals surface area (Å²) in [5.41, 5.74) is 4.17. The highest BCUT2D eigenvalue weighted by molar-refractivity contribution is 6.30. The Morgan fingerprint density at radius 2 is 1.91 bits per heavy atom. The number of aromatic nitrogens is 3. The zero-order valence-corrected chi connectivity index (χ0v) is 13.4. The standard InChI is InChI=1S/C14H14ClN3.C2H4O2/c1-9-6-7-12(17-13(9)15)14-16-8-10-4-2-3-5-11(10)18-14;1-2(3)4/h6-8H,2-5H2,1H3;1H3,(H,3,4). The maximum absolute atomic E-state index is 9.00. The fourth-order valence-electron chi connectivity index (χ4n) is 2.23. The van der Waals surface area contributed by atoms with Crippen molar-refractivity contribution < 1.29 is 9.90 Å². The van der Waals surface area contributed by atoms with E-state index in [0.29, 0.717) is 11.0 Å². The van der Waals surface area contributed by atoms with Gasteiger partial charge in [-0.3, -0.25) is 4.79 Å². The topological polar surface area (TPSA) is 76.0 Å². The minimum Gasteiger partial charge on any atom is -0.481 e. The zero-order valence-electron chi connectivity index (χ0n) is 12.6. The molecular weight excluding hydrogens is 302 g/mol. The van der Waals surface area contributed by atoms with Crippen LogP contribution in [0.4, 0.5) is 0 Å². The highest BCUT2D eigenvalue weighted by Gasteiger charge is 2.13. The van der Waals surface area contributed by atoms with E-state index in [9.17, 15) is 0 Å². The molecule has 0 fully saturated rings. The Morgan fingerprint density at radius 1 is 1.23 bits per heavy atom. The van der Waals surface area contributed by atoms with Crippen LogP contribution in [-0.4, -0.2) is 26.0 Å². The molecular formula is C16H18ClN3O2. The Labute approximate surface area is 134 Å². The highest BCUT2D eigenvalue weighted by atomic mass is 35.5. The Hall–Kier alpha value is -2.01. The molecule has 0 aromatic carbocycles. The summed E-state index contributed by atoms with van der Waals surface area (Å²) in [5, 5.41) is 7.94. The first-order chi connectivity index (χ1) is 10.5. The second-order valence-corrected chi connectivity index (χ2v) is 5.55. The zero-order chi connectivity index (χ0) is 16.1. The van der Waals surface area contributed by atoms with Gasteiger partial charge in [0.15, 0.2) is 5.82 Å². The highest BCUT2D eigenvalue weighted by Crippen LogP contribution is 2.23. The van der Waals surface area contributed by atoms with Gasteiger partial charge in [0.25, 0.3) is 5.97 Å². The van der Waals surface area contributed by atoms with Crippen LogP contribution in [0.15, 0.2) is 18.3 Å². The number of nitrogens with zero attached hydrogens (tertiary/aromatic N) is 3. The first-order valence-corrected chi connectivity index (χ1v) is 7.53. The molecule has 0 radical (unpaired) electrons. The molecule has 2 heterocycles. The molecule has 5 nitrogen and oxygen atoms in total. The monoisotopic (exact) mass is 319 g/mol. The average Bonchev–Trinajstić information content (AvgIpc) is 2.49. The molecule has 2 aromatic rings. The summed E-state index contributed by atoms with van der Waals surface area (Å²) >= 11 is 6.04. The van der Waals surface area contributed by atoms with Crippen LogP contribution in [0.2, 0.25) is 5.15 Å². The number of aliphatic carboxylic acids is 1. The van der Waals surface area contributed by atoms with Crippen molar-refractivity contribution in [3.63, 3.8) is 0 Å². The van der Waals surface area contributed by atoms with Gasteiger partial charge in [-0.1, -0.05) is 17.7 Å². The number of halogens is 1. The first-order valence-electron chi connectivity index (χ1n) is 7.15. The largest absolute Gasteiger partial charge is 0.481 e. The van der Waals surface area contributed by atoms with Crippen LogP contribution in [-0.2, 0) is 17.6 Å². The molecule has 1 N–H and O–H groups in total. The first kappa shape index (κ1) is 16.4. The van der Waals surface area contributed by atoms with Crippen LogP contribution in [0.25, 0.3) is 11.5 Å². The lowest BCUT2D eigenvalue weighted by atomic mass is 9.97. The van der Waals surface area contributed by atoms with E-state index in [1.165, 1.54) is 24.1 Å². The van der Waals surface area contributed by atoms with E-state index < -0.39 is 5.97 Å². The van der Waals surface area contributed by atoms with E-state index in [1.54, 1.807) is 0 Å². The number of carboxylic acid groups (broad SMARTS) is 1. The molecule has 1 aliphatic rings. The number of rotatable bonds is 1. The average molecular weight is 320 g/mol. The number of carbonyl (C=O) groups is 1. The van der Waals surface area contributed by atoms with Crippen LogP contribution < -0.4 is 0 Å². The third-order valence-electron chi connectivity index (χ3n) is 3.33. The fourth-order valence-corrected chi connectivity index (χ4v) is 2.38. The van der Waals surface area contributed by atoms with Crippen molar-refractivity contribution in [1.29, 1.82) is 0 Å². The summed E-state index contributed by atoms with van der Waals surface area (Å²) in [6.45, 7) is 3.02. The van der Waals surface area contributed by atoms with Crippen molar-refractivity contribution in [3.05, 3.63) is 40.3 Å². The van der Waals surface area contributed by atoms with E-state index in [0.717, 1.165) is 31.0 Å². The Morgan fingerprint density at radius 3 is 2.59 bits per heavy atom. The molecule has 2 aromatic heterocycles. The minimum atomic E-state index is -0.833. The van der Waals surface area contributed by atoms with Gasteiger partial charge < -0.3 is 5.11 Å². The second-order valence-electron chi connectivity index (χ2n) is 5.20. The molecule has 3 rings (SSSR count). The molecule has 22 heavy (non-hydrogen) atoms. The number of hydrogen-bond donors (Lipinski definition) is 1. The molecule has 116 valence electrons. The third kappa shape index (κ3) is 4.24. The maximum Gasteiger partial charge on any atom is 0.300 e. The number of fused-ring (bicyclic) bond motifs is 1. The number of carboxylic acids is 1. The third-order valence-corrected chi connectivity index (χ3v) is 3.71. The lowest BCUT2D eigenvalue weighted by Gasteiger charge is -2.14. The van der Waals surface area contributed by atoms with Crippen LogP contribution in [0.1, 0.15) is 36.6 Å².